The summed E-state index contributed by atoms with van der Waals surface area (Å²) in [6.45, 7) is 5.10. The lowest BCUT2D eigenvalue weighted by atomic mass is 9.73. The third kappa shape index (κ3) is 2.81. The molecule has 2 aliphatic rings. The lowest BCUT2D eigenvalue weighted by Crippen LogP contribution is -2.61. The average molecular weight is 291 g/mol. The number of urea groups is 1. The second-order valence-corrected chi connectivity index (χ2v) is 5.90. The average Bonchev–Trinajstić information content (AvgIpc) is 2.45. The van der Waals surface area contributed by atoms with Gasteiger partial charge in [-0.25, -0.2) is 9.78 Å². The second-order valence-electron chi connectivity index (χ2n) is 5.90. The topological polar surface area (TPSA) is 63.7 Å². The highest BCUT2D eigenvalue weighted by Crippen LogP contribution is 2.40. The number of hydrogen-bond acceptors (Lipinski definition) is 4. The summed E-state index contributed by atoms with van der Waals surface area (Å²) in [6, 6.07) is 3.56. The number of aromatic nitrogens is 1. The van der Waals surface area contributed by atoms with Gasteiger partial charge >= 0.3 is 6.03 Å². The van der Waals surface area contributed by atoms with E-state index in [4.69, 9.17) is 9.47 Å². The van der Waals surface area contributed by atoms with Crippen LogP contribution in [0.1, 0.15) is 18.5 Å². The number of hydrogen-bond donors (Lipinski definition) is 1. The Bertz CT molecular complexity index is 533. The molecular weight excluding hydrogens is 270 g/mol. The molecule has 3 rings (SSSR count). The molecular formula is C15H21N3O3. The minimum Gasteiger partial charge on any atom is -0.493 e. The molecule has 21 heavy (non-hydrogen) atoms. The summed E-state index contributed by atoms with van der Waals surface area (Å²) < 4.78 is 10.6. The Morgan fingerprint density at radius 1 is 1.38 bits per heavy atom. The molecule has 0 aliphatic carbocycles. The number of methoxy groups -OCH3 is 1. The normalized spacial score (nSPS) is 20.0. The van der Waals surface area contributed by atoms with E-state index in [9.17, 15) is 4.79 Å². The molecule has 0 atom stereocenters. The monoisotopic (exact) mass is 291 g/mol. The molecule has 1 aromatic rings. The number of ether oxygens (including phenoxy) is 2. The molecule has 0 saturated carbocycles. The molecule has 3 heterocycles. The van der Waals surface area contributed by atoms with Gasteiger partial charge in [0.05, 0.1) is 7.11 Å². The third-order valence-electron chi connectivity index (χ3n) is 4.34. The van der Waals surface area contributed by atoms with Crippen molar-refractivity contribution in [3.8, 4) is 5.75 Å². The molecule has 1 spiro atoms. The Balaban J connectivity index is 1.61. The van der Waals surface area contributed by atoms with Crippen molar-refractivity contribution in [3.05, 3.63) is 17.8 Å². The van der Waals surface area contributed by atoms with E-state index in [1.807, 2.05) is 24.0 Å². The number of carbonyl (C=O) groups is 1. The highest BCUT2D eigenvalue weighted by molar-refractivity contribution is 5.90. The Morgan fingerprint density at radius 2 is 2.10 bits per heavy atom. The number of anilines is 1. The number of likely N-dealkylation sites (tertiary alicyclic amines) is 1. The second kappa shape index (κ2) is 5.52. The van der Waals surface area contributed by atoms with Crippen molar-refractivity contribution in [2.75, 3.05) is 38.7 Å². The summed E-state index contributed by atoms with van der Waals surface area (Å²) >= 11 is 0. The predicted octanol–water partition coefficient (Wildman–Crippen LogP) is 2.04. The fourth-order valence-corrected chi connectivity index (χ4v) is 3.01. The van der Waals surface area contributed by atoms with Crippen molar-refractivity contribution in [2.24, 2.45) is 5.41 Å². The van der Waals surface area contributed by atoms with E-state index in [1.165, 1.54) is 0 Å². The van der Waals surface area contributed by atoms with Crippen molar-refractivity contribution >= 4 is 11.8 Å². The fourth-order valence-electron chi connectivity index (χ4n) is 3.01. The predicted molar refractivity (Wildman–Crippen MR) is 78.6 cm³/mol. The number of aryl methyl sites for hydroxylation is 1. The van der Waals surface area contributed by atoms with Crippen LogP contribution in [0.3, 0.4) is 0 Å². The van der Waals surface area contributed by atoms with Crippen LogP contribution in [0, 0.1) is 12.3 Å². The SMILES string of the molecule is COc1ccc(C)nc1NC(=O)N1CC2(CCOCC2)C1. The third-order valence-corrected chi connectivity index (χ3v) is 4.34. The highest BCUT2D eigenvalue weighted by atomic mass is 16.5. The smallest absolute Gasteiger partial charge is 0.323 e. The minimum atomic E-state index is -0.108. The van der Waals surface area contributed by atoms with Crippen molar-refractivity contribution < 1.29 is 14.3 Å². The molecule has 2 amide bonds. The molecule has 1 aromatic heterocycles. The van der Waals surface area contributed by atoms with Gasteiger partial charge in [0.15, 0.2) is 11.6 Å². The number of rotatable bonds is 2. The first kappa shape index (κ1) is 14.1. The maximum absolute atomic E-state index is 12.3. The highest BCUT2D eigenvalue weighted by Gasteiger charge is 2.45. The Kier molecular flexibility index (Phi) is 3.71. The van der Waals surface area contributed by atoms with E-state index in [0.29, 0.717) is 11.6 Å². The summed E-state index contributed by atoms with van der Waals surface area (Å²) in [5.74, 6) is 1.06. The van der Waals surface area contributed by atoms with E-state index in [2.05, 4.69) is 10.3 Å². The van der Waals surface area contributed by atoms with Gasteiger partial charge in [0.2, 0.25) is 0 Å². The molecule has 114 valence electrons. The molecule has 6 nitrogen and oxygen atoms in total. The standard InChI is InChI=1S/C15H21N3O3/c1-11-3-4-12(20-2)13(16-11)17-14(19)18-9-15(10-18)5-7-21-8-6-15/h3-4H,5-10H2,1-2H3,(H,16,17,19). The van der Waals surface area contributed by atoms with Crippen LogP contribution < -0.4 is 10.1 Å². The molecule has 0 aromatic carbocycles. The van der Waals surface area contributed by atoms with Crippen molar-refractivity contribution in [2.45, 2.75) is 19.8 Å². The Labute approximate surface area is 124 Å². The van der Waals surface area contributed by atoms with Gasteiger partial charge in [-0.2, -0.15) is 0 Å². The number of nitrogens with one attached hydrogen (secondary N) is 1. The maximum atomic E-state index is 12.3. The first-order valence-corrected chi connectivity index (χ1v) is 7.27. The molecule has 2 saturated heterocycles. The molecule has 6 heteroatoms. The van der Waals surface area contributed by atoms with E-state index in [-0.39, 0.29) is 11.4 Å². The minimum absolute atomic E-state index is 0.108. The molecule has 0 bridgehead atoms. The zero-order chi connectivity index (χ0) is 14.9. The van der Waals surface area contributed by atoms with Crippen LogP contribution in [-0.4, -0.2) is 49.3 Å². The lowest BCUT2D eigenvalue weighted by molar-refractivity contribution is -0.0596. The number of carbonyl (C=O) groups excluding carboxylic acids is 1. The number of amides is 2. The van der Waals surface area contributed by atoms with Crippen LogP contribution in [0.25, 0.3) is 0 Å². The van der Waals surface area contributed by atoms with Crippen molar-refractivity contribution in [1.29, 1.82) is 0 Å². The van der Waals surface area contributed by atoms with Crippen LogP contribution in [0.4, 0.5) is 10.6 Å². The Hall–Kier alpha value is -1.82. The van der Waals surface area contributed by atoms with E-state index in [1.54, 1.807) is 7.11 Å². The van der Waals surface area contributed by atoms with E-state index >= 15 is 0 Å². The molecule has 2 fully saturated rings. The van der Waals surface area contributed by atoms with Crippen LogP contribution in [-0.2, 0) is 4.74 Å². The van der Waals surface area contributed by atoms with Gasteiger partial charge in [-0.3, -0.25) is 5.32 Å². The van der Waals surface area contributed by atoms with Crippen LogP contribution >= 0.6 is 0 Å². The first-order valence-electron chi connectivity index (χ1n) is 7.27. The summed E-state index contributed by atoms with van der Waals surface area (Å²) in [7, 11) is 1.57. The molecule has 0 unspecified atom stereocenters. The molecule has 2 aliphatic heterocycles. The van der Waals surface area contributed by atoms with E-state index in [0.717, 1.165) is 44.8 Å². The maximum Gasteiger partial charge on any atom is 0.323 e. The van der Waals surface area contributed by atoms with Crippen LogP contribution in [0.5, 0.6) is 5.75 Å². The van der Waals surface area contributed by atoms with Gasteiger partial charge in [0, 0.05) is 37.4 Å². The van der Waals surface area contributed by atoms with Crippen LogP contribution in [0.15, 0.2) is 12.1 Å². The fraction of sp³-hybridized carbons (Fsp3) is 0.600. The number of nitrogens with zero attached hydrogens (tertiary/aromatic N) is 2. The zero-order valence-electron chi connectivity index (χ0n) is 12.5. The largest absolute Gasteiger partial charge is 0.493 e. The summed E-state index contributed by atoms with van der Waals surface area (Å²) in [5, 5.41) is 2.85. The van der Waals surface area contributed by atoms with Gasteiger partial charge in [0.1, 0.15) is 0 Å². The van der Waals surface area contributed by atoms with Crippen molar-refractivity contribution in [3.63, 3.8) is 0 Å². The Morgan fingerprint density at radius 3 is 2.76 bits per heavy atom. The van der Waals surface area contributed by atoms with Crippen molar-refractivity contribution in [1.82, 2.24) is 9.88 Å². The molecule has 1 N–H and O–H groups in total. The first-order chi connectivity index (χ1) is 10.1. The van der Waals surface area contributed by atoms with Gasteiger partial charge in [-0.15, -0.1) is 0 Å². The lowest BCUT2D eigenvalue weighted by Gasteiger charge is -2.51. The van der Waals surface area contributed by atoms with E-state index < -0.39 is 0 Å². The quantitative estimate of drug-likeness (QED) is 0.905. The van der Waals surface area contributed by atoms with Gasteiger partial charge in [-0.1, -0.05) is 0 Å². The summed E-state index contributed by atoms with van der Waals surface area (Å²) in [6.07, 6.45) is 2.09. The van der Waals surface area contributed by atoms with Crippen LogP contribution in [0.2, 0.25) is 0 Å². The summed E-state index contributed by atoms with van der Waals surface area (Å²) in [4.78, 5) is 18.4. The molecule has 0 radical (unpaired) electrons. The number of pyridine rings is 1. The van der Waals surface area contributed by atoms with Gasteiger partial charge < -0.3 is 14.4 Å². The van der Waals surface area contributed by atoms with Gasteiger partial charge in [-0.05, 0) is 31.9 Å². The zero-order valence-corrected chi connectivity index (χ0v) is 12.5. The van der Waals surface area contributed by atoms with Gasteiger partial charge in [0.25, 0.3) is 0 Å². The summed E-state index contributed by atoms with van der Waals surface area (Å²) in [5.41, 5.74) is 1.12.